The Morgan fingerprint density at radius 2 is 2.33 bits per heavy atom. The van der Waals surface area contributed by atoms with Crippen LogP contribution < -0.4 is 0 Å². The molecule has 4 heteroatoms. The molecule has 1 saturated heterocycles. The van der Waals surface area contributed by atoms with Crippen molar-refractivity contribution in [2.45, 2.75) is 16.6 Å². The number of thioether (sulfide) groups is 1. The first-order valence-corrected chi connectivity index (χ1v) is 5.57. The lowest BCUT2D eigenvalue weighted by Crippen LogP contribution is -2.30. The minimum atomic E-state index is -0.236. The summed E-state index contributed by atoms with van der Waals surface area (Å²) >= 11 is 1.50. The van der Waals surface area contributed by atoms with Crippen LogP contribution in [0.1, 0.15) is 5.56 Å². The highest BCUT2D eigenvalue weighted by Gasteiger charge is 2.20. The molecule has 1 aliphatic heterocycles. The summed E-state index contributed by atoms with van der Waals surface area (Å²) in [4.78, 5) is 0.644. The van der Waals surface area contributed by atoms with Gasteiger partial charge in [0.15, 0.2) is 0 Å². The molecule has 1 heterocycles. The van der Waals surface area contributed by atoms with E-state index in [9.17, 15) is 4.39 Å². The van der Waals surface area contributed by atoms with E-state index in [1.54, 1.807) is 12.1 Å². The molecule has 1 aromatic carbocycles. The fraction of sp³-hybridized carbons (Fsp3) is 0.364. The van der Waals surface area contributed by atoms with Crippen molar-refractivity contribution in [1.82, 2.24) is 0 Å². The van der Waals surface area contributed by atoms with Crippen LogP contribution in [0.3, 0.4) is 0 Å². The Bertz CT molecular complexity index is 398. The van der Waals surface area contributed by atoms with E-state index in [-0.39, 0.29) is 12.2 Å². The molecule has 0 radical (unpaired) electrons. The summed E-state index contributed by atoms with van der Waals surface area (Å²) in [5, 5.41) is 8.85. The fourth-order valence-electron chi connectivity index (χ4n) is 1.30. The molecule has 0 saturated carbocycles. The second-order valence-electron chi connectivity index (χ2n) is 3.38. The molecule has 0 aromatic heterocycles. The van der Waals surface area contributed by atoms with E-state index in [4.69, 9.17) is 10.00 Å². The third kappa shape index (κ3) is 2.49. The van der Waals surface area contributed by atoms with Crippen molar-refractivity contribution < 1.29 is 9.13 Å². The van der Waals surface area contributed by atoms with Gasteiger partial charge in [-0.3, -0.25) is 0 Å². The summed E-state index contributed by atoms with van der Waals surface area (Å²) in [6.07, 6.45) is 0.258. The first kappa shape index (κ1) is 10.5. The smallest absolute Gasteiger partial charge is 0.137 e. The molecule has 78 valence electrons. The summed E-state index contributed by atoms with van der Waals surface area (Å²) in [6, 6.07) is 6.98. The van der Waals surface area contributed by atoms with Crippen molar-refractivity contribution in [3.8, 4) is 6.07 Å². The highest BCUT2D eigenvalue weighted by Crippen LogP contribution is 2.30. The maximum absolute atomic E-state index is 13.5. The van der Waals surface area contributed by atoms with Gasteiger partial charge in [0.05, 0.1) is 31.0 Å². The second-order valence-corrected chi connectivity index (χ2v) is 4.72. The van der Waals surface area contributed by atoms with Crippen LogP contribution in [0.2, 0.25) is 0 Å². The molecule has 0 bridgehead atoms. The number of hydrogen-bond acceptors (Lipinski definition) is 3. The monoisotopic (exact) mass is 223 g/mol. The van der Waals surface area contributed by atoms with E-state index in [1.807, 2.05) is 6.07 Å². The van der Waals surface area contributed by atoms with Gasteiger partial charge >= 0.3 is 0 Å². The zero-order valence-corrected chi connectivity index (χ0v) is 8.89. The van der Waals surface area contributed by atoms with Crippen LogP contribution in [0.15, 0.2) is 23.1 Å². The maximum Gasteiger partial charge on any atom is 0.137 e. The Balaban J connectivity index is 2.08. The van der Waals surface area contributed by atoms with E-state index in [0.29, 0.717) is 23.4 Å². The molecule has 2 nitrogen and oxygen atoms in total. The highest BCUT2D eigenvalue weighted by atomic mass is 32.2. The molecule has 2 rings (SSSR count). The van der Waals surface area contributed by atoms with Gasteiger partial charge < -0.3 is 4.74 Å². The van der Waals surface area contributed by atoms with Gasteiger partial charge in [-0.05, 0) is 17.7 Å². The quantitative estimate of drug-likeness (QED) is 0.788. The first-order valence-electron chi connectivity index (χ1n) is 4.69. The van der Waals surface area contributed by atoms with Crippen LogP contribution in [-0.2, 0) is 11.2 Å². The molecule has 0 amide bonds. The molecular weight excluding hydrogens is 213 g/mol. The Labute approximate surface area is 92.0 Å². The molecule has 0 spiro atoms. The van der Waals surface area contributed by atoms with Crippen LogP contribution in [-0.4, -0.2) is 18.5 Å². The Hall–Kier alpha value is -1.05. The van der Waals surface area contributed by atoms with Crippen molar-refractivity contribution in [3.05, 3.63) is 29.6 Å². The normalized spacial score (nSPS) is 15.7. The Kier molecular flexibility index (Phi) is 3.24. The SMILES string of the molecule is N#CCc1ccc(SC2COC2)c(F)c1. The van der Waals surface area contributed by atoms with Crippen LogP contribution in [0.25, 0.3) is 0 Å². The van der Waals surface area contributed by atoms with Crippen molar-refractivity contribution in [1.29, 1.82) is 5.26 Å². The zero-order chi connectivity index (χ0) is 10.7. The van der Waals surface area contributed by atoms with Gasteiger partial charge in [-0.25, -0.2) is 4.39 Å². The largest absolute Gasteiger partial charge is 0.379 e. The van der Waals surface area contributed by atoms with Crippen molar-refractivity contribution in [3.63, 3.8) is 0 Å². The van der Waals surface area contributed by atoms with Crippen molar-refractivity contribution in [2.75, 3.05) is 13.2 Å². The van der Waals surface area contributed by atoms with Crippen molar-refractivity contribution >= 4 is 11.8 Å². The predicted octanol–water partition coefficient (Wildman–Crippen LogP) is 2.38. The number of halogens is 1. The molecule has 1 aromatic rings. The first-order chi connectivity index (χ1) is 7.29. The number of nitriles is 1. The van der Waals surface area contributed by atoms with Gasteiger partial charge in [-0.15, -0.1) is 11.8 Å². The lowest BCUT2D eigenvalue weighted by Gasteiger charge is -2.25. The number of ether oxygens (including phenoxy) is 1. The third-order valence-corrected chi connectivity index (χ3v) is 3.37. The second kappa shape index (κ2) is 4.65. The van der Waals surface area contributed by atoms with E-state index >= 15 is 0 Å². The van der Waals surface area contributed by atoms with Crippen LogP contribution in [0, 0.1) is 17.1 Å². The van der Waals surface area contributed by atoms with E-state index in [2.05, 4.69) is 0 Å². The van der Waals surface area contributed by atoms with Gasteiger partial charge in [0.2, 0.25) is 0 Å². The fourth-order valence-corrected chi connectivity index (χ4v) is 2.31. The summed E-state index contributed by atoms with van der Waals surface area (Å²) in [5.74, 6) is -0.236. The lowest BCUT2D eigenvalue weighted by atomic mass is 10.2. The van der Waals surface area contributed by atoms with E-state index in [1.165, 1.54) is 17.8 Å². The number of benzene rings is 1. The minimum absolute atomic E-state index is 0.236. The minimum Gasteiger partial charge on any atom is -0.379 e. The van der Waals surface area contributed by atoms with Crippen LogP contribution >= 0.6 is 11.8 Å². The standard InChI is InChI=1S/C11H10FNOS/c12-10-5-8(3-4-13)1-2-11(10)15-9-6-14-7-9/h1-2,5,9H,3,6-7H2. The molecule has 1 fully saturated rings. The Morgan fingerprint density at radius 3 is 2.87 bits per heavy atom. The number of nitrogens with zero attached hydrogens (tertiary/aromatic N) is 1. The number of rotatable bonds is 3. The average Bonchev–Trinajstić information content (AvgIpc) is 2.14. The van der Waals surface area contributed by atoms with Gasteiger partial charge in [0, 0.05) is 4.90 Å². The van der Waals surface area contributed by atoms with Crippen LogP contribution in [0.5, 0.6) is 0 Å². The number of hydrogen-bond donors (Lipinski definition) is 0. The van der Waals surface area contributed by atoms with E-state index in [0.717, 1.165) is 5.56 Å². The van der Waals surface area contributed by atoms with Crippen LogP contribution in [0.4, 0.5) is 4.39 Å². The molecule has 0 atom stereocenters. The summed E-state index contributed by atoms with van der Waals surface area (Å²) in [5.41, 5.74) is 0.726. The Morgan fingerprint density at radius 1 is 1.53 bits per heavy atom. The molecule has 15 heavy (non-hydrogen) atoms. The van der Waals surface area contributed by atoms with Gasteiger partial charge in [0.1, 0.15) is 5.82 Å². The third-order valence-electron chi connectivity index (χ3n) is 2.18. The molecule has 0 aliphatic carbocycles. The van der Waals surface area contributed by atoms with E-state index < -0.39 is 0 Å². The predicted molar refractivity (Wildman–Crippen MR) is 56.2 cm³/mol. The molecule has 0 N–H and O–H groups in total. The lowest BCUT2D eigenvalue weighted by molar-refractivity contribution is 0.0455. The molecule has 0 unspecified atom stereocenters. The average molecular weight is 223 g/mol. The van der Waals surface area contributed by atoms with Crippen molar-refractivity contribution in [2.24, 2.45) is 0 Å². The maximum atomic E-state index is 13.5. The molecular formula is C11H10FNOS. The van der Waals surface area contributed by atoms with Gasteiger partial charge in [0.25, 0.3) is 0 Å². The van der Waals surface area contributed by atoms with Gasteiger partial charge in [-0.2, -0.15) is 5.26 Å². The highest BCUT2D eigenvalue weighted by molar-refractivity contribution is 8.00. The van der Waals surface area contributed by atoms with Gasteiger partial charge in [-0.1, -0.05) is 6.07 Å². The summed E-state index contributed by atoms with van der Waals surface area (Å²) < 4.78 is 18.5. The topological polar surface area (TPSA) is 33.0 Å². The summed E-state index contributed by atoms with van der Waals surface area (Å²) in [7, 11) is 0. The summed E-state index contributed by atoms with van der Waals surface area (Å²) in [6.45, 7) is 1.40. The molecule has 1 aliphatic rings. The zero-order valence-electron chi connectivity index (χ0n) is 8.07.